The molecule has 0 saturated carbocycles. The lowest BCUT2D eigenvalue weighted by Gasteiger charge is -2.12. The van der Waals surface area contributed by atoms with Crippen LogP contribution in [0.2, 0.25) is 0 Å². The molecule has 0 spiro atoms. The van der Waals surface area contributed by atoms with E-state index < -0.39 is 41.2 Å². The largest absolute Gasteiger partial charge is 0.433 e. The van der Waals surface area contributed by atoms with Crippen molar-refractivity contribution in [1.82, 2.24) is 14.1 Å². The number of halogens is 4. The Morgan fingerprint density at radius 3 is 2.39 bits per heavy atom. The van der Waals surface area contributed by atoms with Crippen molar-refractivity contribution in [1.29, 1.82) is 0 Å². The van der Waals surface area contributed by atoms with E-state index in [1.54, 1.807) is 24.3 Å². The third-order valence-electron chi connectivity index (χ3n) is 3.91. The molecule has 11 heteroatoms. The van der Waals surface area contributed by atoms with Crippen LogP contribution < -0.4 is 16.6 Å². The van der Waals surface area contributed by atoms with Crippen molar-refractivity contribution in [3.8, 4) is 0 Å². The van der Waals surface area contributed by atoms with Gasteiger partial charge in [0.2, 0.25) is 5.91 Å². The maximum atomic E-state index is 12.8. The molecule has 0 aliphatic rings. The number of carbonyl (C=O) groups is 1. The van der Waals surface area contributed by atoms with Gasteiger partial charge in [0.05, 0.1) is 5.39 Å². The molecule has 1 N–H and O–H groups in total. The fraction of sp³-hybridized carbons (Fsp3) is 0.176. The summed E-state index contributed by atoms with van der Waals surface area (Å²) in [5.41, 5.74) is -3.02. The Balaban J connectivity index is 2.00. The molecule has 3 aromatic rings. The van der Waals surface area contributed by atoms with Gasteiger partial charge in [-0.1, -0.05) is 15.9 Å². The van der Waals surface area contributed by atoms with E-state index in [4.69, 9.17) is 0 Å². The maximum absolute atomic E-state index is 12.8. The molecule has 2 aromatic heterocycles. The van der Waals surface area contributed by atoms with Gasteiger partial charge < -0.3 is 5.32 Å². The quantitative estimate of drug-likeness (QED) is 0.655. The van der Waals surface area contributed by atoms with E-state index in [2.05, 4.69) is 26.2 Å². The van der Waals surface area contributed by atoms with Gasteiger partial charge in [0, 0.05) is 17.2 Å². The van der Waals surface area contributed by atoms with Crippen molar-refractivity contribution in [2.24, 2.45) is 7.05 Å². The molecule has 1 aromatic carbocycles. The van der Waals surface area contributed by atoms with Crippen molar-refractivity contribution in [2.45, 2.75) is 12.7 Å². The third-order valence-corrected chi connectivity index (χ3v) is 4.44. The SMILES string of the molecule is Cn1c(=O)n(CC(=O)Nc2ccc(Br)cc2)c(=O)c2ccc(C(F)(F)F)nc21. The van der Waals surface area contributed by atoms with E-state index in [1.807, 2.05) is 0 Å². The van der Waals surface area contributed by atoms with Crippen molar-refractivity contribution in [3.63, 3.8) is 0 Å². The number of amides is 1. The first-order valence-corrected chi connectivity index (χ1v) is 8.60. The molecule has 0 fully saturated rings. The smallest absolute Gasteiger partial charge is 0.325 e. The Labute approximate surface area is 163 Å². The predicted octanol–water partition coefficient (Wildman–Crippen LogP) is 2.52. The van der Waals surface area contributed by atoms with Crippen LogP contribution in [0.4, 0.5) is 18.9 Å². The monoisotopic (exact) mass is 456 g/mol. The highest BCUT2D eigenvalue weighted by atomic mass is 79.9. The summed E-state index contributed by atoms with van der Waals surface area (Å²) in [5.74, 6) is -0.638. The summed E-state index contributed by atoms with van der Waals surface area (Å²) in [6, 6.07) is 8.22. The number of aryl methyl sites for hydroxylation is 1. The van der Waals surface area contributed by atoms with E-state index in [-0.39, 0.29) is 5.39 Å². The summed E-state index contributed by atoms with van der Waals surface area (Å²) in [6.07, 6.45) is -4.72. The van der Waals surface area contributed by atoms with Crippen LogP contribution in [0.3, 0.4) is 0 Å². The number of pyridine rings is 1. The molecular weight excluding hydrogens is 445 g/mol. The Morgan fingerprint density at radius 1 is 1.14 bits per heavy atom. The summed E-state index contributed by atoms with van der Waals surface area (Å²) in [5, 5.41) is 2.33. The van der Waals surface area contributed by atoms with Crippen molar-refractivity contribution in [2.75, 3.05) is 5.32 Å². The lowest BCUT2D eigenvalue weighted by Crippen LogP contribution is -2.42. The van der Waals surface area contributed by atoms with Crippen LogP contribution in [0.25, 0.3) is 11.0 Å². The number of rotatable bonds is 3. The summed E-state index contributed by atoms with van der Waals surface area (Å²) in [6.45, 7) is -0.599. The number of anilines is 1. The van der Waals surface area contributed by atoms with Gasteiger partial charge in [-0.15, -0.1) is 0 Å². The minimum atomic E-state index is -4.72. The van der Waals surface area contributed by atoms with Gasteiger partial charge in [-0.2, -0.15) is 13.2 Å². The first-order valence-electron chi connectivity index (χ1n) is 7.81. The highest BCUT2D eigenvalue weighted by Crippen LogP contribution is 2.28. The number of benzene rings is 1. The molecule has 28 heavy (non-hydrogen) atoms. The van der Waals surface area contributed by atoms with Crippen molar-refractivity contribution in [3.05, 3.63) is 67.4 Å². The molecular formula is C17H12BrF3N4O3. The molecule has 2 heterocycles. The van der Waals surface area contributed by atoms with Crippen LogP contribution in [0.5, 0.6) is 0 Å². The van der Waals surface area contributed by atoms with Crippen LogP contribution in [-0.4, -0.2) is 20.0 Å². The summed E-state index contributed by atoms with van der Waals surface area (Å²) in [7, 11) is 1.18. The van der Waals surface area contributed by atoms with Gasteiger partial charge in [-0.05, 0) is 36.4 Å². The number of aromatic nitrogens is 3. The maximum Gasteiger partial charge on any atom is 0.433 e. The number of nitrogens with one attached hydrogen (secondary N) is 1. The van der Waals surface area contributed by atoms with Crippen molar-refractivity contribution >= 4 is 38.6 Å². The third kappa shape index (κ3) is 3.84. The number of alkyl halides is 3. The average Bonchev–Trinajstić information content (AvgIpc) is 2.64. The van der Waals surface area contributed by atoms with Crippen LogP contribution in [0.1, 0.15) is 5.69 Å². The van der Waals surface area contributed by atoms with E-state index in [1.165, 1.54) is 7.05 Å². The first-order chi connectivity index (χ1) is 13.1. The molecule has 0 saturated heterocycles. The fourth-order valence-corrected chi connectivity index (χ4v) is 2.81. The van der Waals surface area contributed by atoms with E-state index in [0.717, 1.165) is 15.1 Å². The van der Waals surface area contributed by atoms with Crippen LogP contribution in [0, 0.1) is 0 Å². The highest BCUT2D eigenvalue weighted by molar-refractivity contribution is 9.10. The standard InChI is InChI=1S/C17H12BrF3N4O3/c1-24-14-11(6-7-12(23-14)17(19,20)21)15(27)25(16(24)28)8-13(26)22-10-4-2-9(18)3-5-10/h2-7H,8H2,1H3,(H,22,26). The molecule has 146 valence electrons. The van der Waals surface area contributed by atoms with Crippen LogP contribution in [-0.2, 0) is 24.6 Å². The molecule has 0 atom stereocenters. The average molecular weight is 457 g/mol. The Bertz CT molecular complexity index is 1180. The molecule has 0 unspecified atom stereocenters. The molecule has 3 rings (SSSR count). The van der Waals surface area contributed by atoms with Gasteiger partial charge in [0.1, 0.15) is 17.9 Å². The second-order valence-electron chi connectivity index (χ2n) is 5.85. The van der Waals surface area contributed by atoms with E-state index in [0.29, 0.717) is 16.3 Å². The molecule has 7 nitrogen and oxygen atoms in total. The van der Waals surface area contributed by atoms with Gasteiger partial charge >= 0.3 is 11.9 Å². The molecule has 0 radical (unpaired) electrons. The lowest BCUT2D eigenvalue weighted by atomic mass is 10.2. The van der Waals surface area contributed by atoms with Crippen LogP contribution >= 0.6 is 15.9 Å². The number of nitrogens with zero attached hydrogens (tertiary/aromatic N) is 3. The van der Waals surface area contributed by atoms with Gasteiger partial charge in [-0.3, -0.25) is 18.7 Å². The minimum absolute atomic E-state index is 0.202. The summed E-state index contributed by atoms with van der Waals surface area (Å²) >= 11 is 3.25. The summed E-state index contributed by atoms with van der Waals surface area (Å²) < 4.78 is 40.8. The number of fused-ring (bicyclic) bond motifs is 1. The number of carbonyl (C=O) groups excluding carboxylic acids is 1. The van der Waals surface area contributed by atoms with E-state index in [9.17, 15) is 27.6 Å². The van der Waals surface area contributed by atoms with Crippen LogP contribution in [0.15, 0.2) is 50.5 Å². The second-order valence-corrected chi connectivity index (χ2v) is 6.77. The minimum Gasteiger partial charge on any atom is -0.325 e. The zero-order chi connectivity index (χ0) is 20.6. The molecule has 1 amide bonds. The lowest BCUT2D eigenvalue weighted by molar-refractivity contribution is -0.141. The molecule has 0 aliphatic heterocycles. The number of hydrogen-bond acceptors (Lipinski definition) is 4. The molecule has 0 bridgehead atoms. The summed E-state index contributed by atoms with van der Waals surface area (Å²) in [4.78, 5) is 40.5. The Hall–Kier alpha value is -2.95. The fourth-order valence-electron chi connectivity index (χ4n) is 2.55. The van der Waals surface area contributed by atoms with Gasteiger partial charge in [0.15, 0.2) is 0 Å². The van der Waals surface area contributed by atoms with Gasteiger partial charge in [0.25, 0.3) is 5.56 Å². The topological polar surface area (TPSA) is 86.0 Å². The van der Waals surface area contributed by atoms with E-state index >= 15 is 0 Å². The number of hydrogen-bond donors (Lipinski definition) is 1. The van der Waals surface area contributed by atoms with Gasteiger partial charge in [-0.25, -0.2) is 9.78 Å². The zero-order valence-electron chi connectivity index (χ0n) is 14.2. The second kappa shape index (κ2) is 7.23. The van der Waals surface area contributed by atoms with Crippen molar-refractivity contribution < 1.29 is 18.0 Å². The predicted molar refractivity (Wildman–Crippen MR) is 99.0 cm³/mol. The highest BCUT2D eigenvalue weighted by Gasteiger charge is 2.33. The normalized spacial score (nSPS) is 11.6. The zero-order valence-corrected chi connectivity index (χ0v) is 15.8. The Kier molecular flexibility index (Phi) is 5.11. The first kappa shape index (κ1) is 19.8. The molecule has 0 aliphatic carbocycles. The Morgan fingerprint density at radius 2 is 1.79 bits per heavy atom.